The van der Waals surface area contributed by atoms with Crippen molar-refractivity contribution in [1.29, 1.82) is 0 Å². The van der Waals surface area contributed by atoms with Gasteiger partial charge < -0.3 is 24.6 Å². The number of allylic oxidation sites excluding steroid dienone is 6. The number of hydrogen-bond donors (Lipinski definition) is 3. The van der Waals surface area contributed by atoms with Gasteiger partial charge in [0, 0.05) is 12.8 Å². The summed E-state index contributed by atoms with van der Waals surface area (Å²) in [5.41, 5.74) is 0. The second-order valence-electron chi connectivity index (χ2n) is 14.0. The molecule has 0 aliphatic rings. The predicted molar refractivity (Wildman–Crippen MR) is 214 cm³/mol. The van der Waals surface area contributed by atoms with E-state index < -0.39 is 51.8 Å². The van der Waals surface area contributed by atoms with Crippen molar-refractivity contribution in [2.24, 2.45) is 0 Å². The summed E-state index contributed by atoms with van der Waals surface area (Å²) in [6.45, 7) is 2.32. The molecule has 0 spiro atoms. The zero-order valence-corrected chi connectivity index (χ0v) is 34.4. The van der Waals surface area contributed by atoms with Crippen LogP contribution in [-0.2, 0) is 32.7 Å². The molecule has 0 aromatic heterocycles. The molecular formula is C42H77O10P. The minimum Gasteiger partial charge on any atom is -0.462 e. The van der Waals surface area contributed by atoms with E-state index in [0.29, 0.717) is 12.8 Å². The summed E-state index contributed by atoms with van der Waals surface area (Å²) in [6, 6.07) is 0. The number of carbonyl (C=O) groups is 2. The molecule has 0 amide bonds. The van der Waals surface area contributed by atoms with E-state index in [9.17, 15) is 24.2 Å². The molecule has 0 radical (unpaired) electrons. The normalized spacial score (nSPS) is 14.3. The molecule has 0 aliphatic carbocycles. The summed E-state index contributed by atoms with van der Waals surface area (Å²) < 4.78 is 32.6. The lowest BCUT2D eigenvalue weighted by molar-refractivity contribution is -0.161. The van der Waals surface area contributed by atoms with Crippen molar-refractivity contribution in [2.75, 3.05) is 26.4 Å². The molecule has 1 unspecified atom stereocenters. The van der Waals surface area contributed by atoms with E-state index in [1.165, 1.54) is 64.2 Å². The number of hydrogen-bond acceptors (Lipinski definition) is 9. The van der Waals surface area contributed by atoms with E-state index in [4.69, 9.17) is 19.1 Å². The first-order valence-corrected chi connectivity index (χ1v) is 22.4. The molecule has 0 aliphatic heterocycles. The third-order valence-electron chi connectivity index (χ3n) is 8.77. The Kier molecular flexibility index (Phi) is 37.2. The average Bonchev–Trinajstić information content (AvgIpc) is 3.14. The van der Waals surface area contributed by atoms with Gasteiger partial charge >= 0.3 is 19.8 Å². The smallest absolute Gasteiger partial charge is 0.462 e. The standard InChI is InChI=1S/C42H77O10P/c1-3-5-7-9-11-13-15-17-19-21-23-25-27-29-31-33-41(45)49-37-40(38-51-53(47,48)50-36-39(44)35-43)52-42(46)34-32-30-28-26-24-22-20-18-16-14-12-10-8-6-4-2/h12,14,17-20,39-40,43-44H,3-11,13,15-16,21-38H2,1-2H3,(H,47,48)/t39-,40+/m0/s1. The fraction of sp³-hybridized carbons (Fsp3) is 0.810. The Labute approximate surface area is 322 Å². The SMILES string of the molecule is CCCCCC=CCC=CCCCCCCCC(=O)O[C@H](COC(=O)CCCCCCCC=CCCCCCCCC)COP(=O)(O)OC[C@@H](O)CO. The topological polar surface area (TPSA) is 149 Å². The highest BCUT2D eigenvalue weighted by atomic mass is 31.2. The maximum Gasteiger partial charge on any atom is 0.472 e. The second kappa shape index (κ2) is 38.5. The van der Waals surface area contributed by atoms with E-state index in [-0.39, 0.29) is 19.4 Å². The lowest BCUT2D eigenvalue weighted by atomic mass is 10.1. The lowest BCUT2D eigenvalue weighted by Crippen LogP contribution is -2.29. The third-order valence-corrected chi connectivity index (χ3v) is 9.72. The molecule has 0 saturated heterocycles. The van der Waals surface area contributed by atoms with Gasteiger partial charge in [-0.1, -0.05) is 134 Å². The molecule has 53 heavy (non-hydrogen) atoms. The van der Waals surface area contributed by atoms with Gasteiger partial charge in [0.2, 0.25) is 0 Å². The van der Waals surface area contributed by atoms with E-state index in [1.54, 1.807) is 0 Å². The van der Waals surface area contributed by atoms with Crippen molar-refractivity contribution in [3.63, 3.8) is 0 Å². The number of rotatable bonds is 39. The molecule has 0 aromatic carbocycles. The molecule has 0 saturated carbocycles. The Hall–Kier alpha value is -1.81. The molecule has 3 atom stereocenters. The van der Waals surface area contributed by atoms with Crippen LogP contribution in [0.5, 0.6) is 0 Å². The molecule has 0 aromatic rings. The highest BCUT2D eigenvalue weighted by Crippen LogP contribution is 2.43. The highest BCUT2D eigenvalue weighted by Gasteiger charge is 2.27. The zero-order chi connectivity index (χ0) is 39.1. The van der Waals surface area contributed by atoms with Gasteiger partial charge in [0.15, 0.2) is 6.10 Å². The molecule has 11 heteroatoms. The van der Waals surface area contributed by atoms with E-state index >= 15 is 0 Å². The van der Waals surface area contributed by atoms with Crippen LogP contribution < -0.4 is 0 Å². The Balaban J connectivity index is 4.36. The van der Waals surface area contributed by atoms with Crippen LogP contribution in [0.2, 0.25) is 0 Å². The van der Waals surface area contributed by atoms with Crippen molar-refractivity contribution in [2.45, 2.75) is 193 Å². The van der Waals surface area contributed by atoms with Crippen molar-refractivity contribution in [1.82, 2.24) is 0 Å². The monoisotopic (exact) mass is 773 g/mol. The van der Waals surface area contributed by atoms with E-state index in [0.717, 1.165) is 77.0 Å². The number of ether oxygens (including phenoxy) is 2. The summed E-state index contributed by atoms with van der Waals surface area (Å²) >= 11 is 0. The van der Waals surface area contributed by atoms with Crippen molar-refractivity contribution < 1.29 is 47.8 Å². The van der Waals surface area contributed by atoms with Gasteiger partial charge in [-0.25, -0.2) is 4.57 Å². The van der Waals surface area contributed by atoms with Gasteiger partial charge in [0.05, 0.1) is 19.8 Å². The Bertz CT molecular complexity index is 983. The van der Waals surface area contributed by atoms with Crippen LogP contribution in [0.3, 0.4) is 0 Å². The summed E-state index contributed by atoms with van der Waals surface area (Å²) in [5.74, 6) is -0.950. The predicted octanol–water partition coefficient (Wildman–Crippen LogP) is 10.8. The fourth-order valence-electron chi connectivity index (χ4n) is 5.49. The van der Waals surface area contributed by atoms with Gasteiger partial charge in [-0.15, -0.1) is 0 Å². The van der Waals surface area contributed by atoms with Crippen LogP contribution in [0.15, 0.2) is 36.5 Å². The number of phosphoric acid groups is 1. The quantitative estimate of drug-likeness (QED) is 0.0238. The lowest BCUT2D eigenvalue weighted by Gasteiger charge is -2.20. The minimum atomic E-state index is -4.62. The maximum atomic E-state index is 12.6. The van der Waals surface area contributed by atoms with Crippen molar-refractivity contribution in [3.05, 3.63) is 36.5 Å². The van der Waals surface area contributed by atoms with Gasteiger partial charge in [0.1, 0.15) is 12.7 Å². The molecule has 310 valence electrons. The number of carbonyl (C=O) groups excluding carboxylic acids is 2. The Morgan fingerprint density at radius 2 is 0.981 bits per heavy atom. The molecule has 0 bridgehead atoms. The first kappa shape index (κ1) is 51.2. The average molecular weight is 773 g/mol. The van der Waals surface area contributed by atoms with Gasteiger partial charge in [0.25, 0.3) is 0 Å². The number of esters is 2. The van der Waals surface area contributed by atoms with Gasteiger partial charge in [-0.3, -0.25) is 18.6 Å². The van der Waals surface area contributed by atoms with E-state index in [2.05, 4.69) is 54.8 Å². The summed E-state index contributed by atoms with van der Waals surface area (Å²) in [5, 5.41) is 18.3. The Morgan fingerprint density at radius 1 is 0.566 bits per heavy atom. The van der Waals surface area contributed by atoms with Gasteiger partial charge in [-0.05, 0) is 70.6 Å². The zero-order valence-electron chi connectivity index (χ0n) is 33.5. The van der Waals surface area contributed by atoms with Crippen molar-refractivity contribution in [3.8, 4) is 0 Å². The molecule has 10 nitrogen and oxygen atoms in total. The third kappa shape index (κ3) is 38.3. The van der Waals surface area contributed by atoms with Crippen LogP contribution in [0.1, 0.15) is 181 Å². The first-order valence-electron chi connectivity index (χ1n) is 20.9. The first-order chi connectivity index (χ1) is 25.7. The second-order valence-corrected chi connectivity index (χ2v) is 15.5. The van der Waals surface area contributed by atoms with Crippen LogP contribution >= 0.6 is 7.82 Å². The summed E-state index contributed by atoms with van der Waals surface area (Å²) in [7, 11) is -4.62. The summed E-state index contributed by atoms with van der Waals surface area (Å²) in [6.07, 6.45) is 38.2. The fourth-order valence-corrected chi connectivity index (χ4v) is 6.28. The molecular weight excluding hydrogens is 695 g/mol. The van der Waals surface area contributed by atoms with Crippen molar-refractivity contribution >= 4 is 19.8 Å². The van der Waals surface area contributed by atoms with Crippen LogP contribution in [0.4, 0.5) is 0 Å². The summed E-state index contributed by atoms with van der Waals surface area (Å²) in [4.78, 5) is 34.9. The highest BCUT2D eigenvalue weighted by molar-refractivity contribution is 7.47. The minimum absolute atomic E-state index is 0.167. The molecule has 0 fully saturated rings. The van der Waals surface area contributed by atoms with Gasteiger partial charge in [-0.2, -0.15) is 0 Å². The molecule has 0 rings (SSSR count). The van der Waals surface area contributed by atoms with Crippen LogP contribution in [0.25, 0.3) is 0 Å². The number of unbranched alkanes of at least 4 members (excludes halogenated alkanes) is 19. The Morgan fingerprint density at radius 3 is 1.51 bits per heavy atom. The largest absolute Gasteiger partial charge is 0.472 e. The maximum absolute atomic E-state index is 12.6. The van der Waals surface area contributed by atoms with E-state index in [1.807, 2.05) is 0 Å². The number of aliphatic hydroxyl groups is 2. The number of aliphatic hydroxyl groups excluding tert-OH is 2. The van der Waals surface area contributed by atoms with Crippen LogP contribution in [-0.4, -0.2) is 65.7 Å². The number of phosphoric ester groups is 1. The molecule has 0 heterocycles. The van der Waals surface area contributed by atoms with Crippen LogP contribution in [0, 0.1) is 0 Å². The molecule has 3 N–H and O–H groups in total.